The first kappa shape index (κ1) is 30.2. The van der Waals surface area contributed by atoms with Crippen LogP contribution in [-0.4, -0.2) is 36.6 Å². The van der Waals surface area contributed by atoms with Crippen molar-refractivity contribution in [3.8, 4) is 10.4 Å². The standard InChI is InChI=1S/C27H33F3N4O4S/c1-15(2)12-21(25(36)38-18-7-3-4-8-18)33-11-5-6-16-9-10-17(13-20(16)27(28,29)30)22-14-19(23(31)35)24(39-22)34-26(32)37/h5-6,9-10,13-15,18,21,33H,3-4,7-8,11-12H2,1-2H3,(H2,31,35)(H3,32,34,37)/b6-5+/t21-/m0/s1. The molecule has 2 aromatic rings. The first-order chi connectivity index (χ1) is 18.3. The quantitative estimate of drug-likeness (QED) is 0.265. The molecule has 3 rings (SSSR count). The lowest BCUT2D eigenvalue weighted by atomic mass is 10.0. The summed E-state index contributed by atoms with van der Waals surface area (Å²) in [5.41, 5.74) is 9.63. The number of hydrogen-bond donors (Lipinski definition) is 4. The van der Waals surface area contributed by atoms with Gasteiger partial charge in [0.2, 0.25) is 0 Å². The van der Waals surface area contributed by atoms with Crippen molar-refractivity contribution in [2.45, 2.75) is 64.3 Å². The summed E-state index contributed by atoms with van der Waals surface area (Å²) in [5, 5.41) is 5.42. The van der Waals surface area contributed by atoms with Gasteiger partial charge in [0, 0.05) is 11.4 Å². The van der Waals surface area contributed by atoms with Crippen LogP contribution < -0.4 is 22.1 Å². The zero-order chi connectivity index (χ0) is 28.7. The Hall–Kier alpha value is -3.38. The summed E-state index contributed by atoms with van der Waals surface area (Å²) in [4.78, 5) is 35.9. The van der Waals surface area contributed by atoms with Crippen LogP contribution in [0.3, 0.4) is 0 Å². The molecule has 12 heteroatoms. The summed E-state index contributed by atoms with van der Waals surface area (Å²) in [5.74, 6) is -0.967. The number of alkyl halides is 3. The minimum Gasteiger partial charge on any atom is -0.461 e. The van der Waals surface area contributed by atoms with Crippen molar-refractivity contribution >= 4 is 40.3 Å². The van der Waals surface area contributed by atoms with Crippen molar-refractivity contribution in [1.29, 1.82) is 0 Å². The molecule has 0 aliphatic heterocycles. The summed E-state index contributed by atoms with van der Waals surface area (Å²) in [6.07, 6.45) is 2.48. The van der Waals surface area contributed by atoms with Crippen LogP contribution >= 0.6 is 11.3 Å². The monoisotopic (exact) mass is 566 g/mol. The molecular formula is C27H33F3N4O4S. The molecule has 212 valence electrons. The van der Waals surface area contributed by atoms with Crippen LogP contribution in [0.25, 0.3) is 16.5 Å². The predicted octanol–water partition coefficient (Wildman–Crippen LogP) is 5.53. The molecule has 1 fully saturated rings. The Bertz CT molecular complexity index is 1220. The topological polar surface area (TPSA) is 137 Å². The molecule has 0 unspecified atom stereocenters. The molecule has 1 aromatic carbocycles. The maximum atomic E-state index is 14.0. The normalized spacial score (nSPS) is 15.1. The third kappa shape index (κ3) is 8.56. The molecule has 6 N–H and O–H groups in total. The number of anilines is 1. The Morgan fingerprint density at radius 1 is 1.15 bits per heavy atom. The summed E-state index contributed by atoms with van der Waals surface area (Å²) in [6.45, 7) is 4.14. The van der Waals surface area contributed by atoms with E-state index < -0.39 is 29.7 Å². The van der Waals surface area contributed by atoms with Crippen LogP contribution in [0.2, 0.25) is 0 Å². The third-order valence-corrected chi connectivity index (χ3v) is 7.33. The number of nitrogens with one attached hydrogen (secondary N) is 2. The fourth-order valence-electron chi connectivity index (χ4n) is 4.40. The SMILES string of the molecule is CC(C)C[C@H](NC/C=C/c1ccc(-c2cc(C(N)=O)c(NC(N)=O)s2)cc1C(F)(F)F)C(=O)OC1CCCC1. The highest BCUT2D eigenvalue weighted by Crippen LogP contribution is 2.39. The number of carbonyl (C=O) groups excluding carboxylic acids is 3. The second-order valence-electron chi connectivity index (χ2n) is 9.84. The van der Waals surface area contributed by atoms with Gasteiger partial charge in [-0.3, -0.25) is 14.9 Å². The molecule has 0 saturated heterocycles. The molecule has 1 aliphatic rings. The van der Waals surface area contributed by atoms with Crippen LogP contribution in [0, 0.1) is 5.92 Å². The van der Waals surface area contributed by atoms with Crippen LogP contribution in [0.1, 0.15) is 67.4 Å². The van der Waals surface area contributed by atoms with Crippen molar-refractivity contribution in [3.05, 3.63) is 47.0 Å². The first-order valence-electron chi connectivity index (χ1n) is 12.7. The summed E-state index contributed by atoms with van der Waals surface area (Å²) < 4.78 is 47.5. The van der Waals surface area contributed by atoms with Crippen LogP contribution in [0.15, 0.2) is 30.3 Å². The lowest BCUT2D eigenvalue weighted by molar-refractivity contribution is -0.151. The highest BCUT2D eigenvalue weighted by molar-refractivity contribution is 7.20. The zero-order valence-electron chi connectivity index (χ0n) is 21.8. The summed E-state index contributed by atoms with van der Waals surface area (Å²) in [6, 6.07) is 3.59. The van der Waals surface area contributed by atoms with E-state index in [1.165, 1.54) is 30.4 Å². The van der Waals surface area contributed by atoms with Crippen molar-refractivity contribution in [3.63, 3.8) is 0 Å². The molecule has 0 bridgehead atoms. The Balaban J connectivity index is 1.78. The van der Waals surface area contributed by atoms with E-state index in [9.17, 15) is 27.6 Å². The average molecular weight is 567 g/mol. The average Bonchev–Trinajstić information content (AvgIpc) is 3.50. The molecule has 8 nitrogen and oxygen atoms in total. The fourth-order valence-corrected chi connectivity index (χ4v) is 5.47. The van der Waals surface area contributed by atoms with Gasteiger partial charge in [0.1, 0.15) is 17.1 Å². The Morgan fingerprint density at radius 2 is 1.85 bits per heavy atom. The van der Waals surface area contributed by atoms with Crippen molar-refractivity contribution in [2.24, 2.45) is 17.4 Å². The molecule has 1 aliphatic carbocycles. The van der Waals surface area contributed by atoms with Gasteiger partial charge in [-0.05, 0) is 61.3 Å². The van der Waals surface area contributed by atoms with Gasteiger partial charge in [-0.2, -0.15) is 13.2 Å². The lowest BCUT2D eigenvalue weighted by Crippen LogP contribution is -2.40. The molecule has 1 aromatic heterocycles. The first-order valence-corrected chi connectivity index (χ1v) is 13.5. The van der Waals surface area contributed by atoms with Crippen molar-refractivity contribution in [2.75, 3.05) is 11.9 Å². The van der Waals surface area contributed by atoms with Gasteiger partial charge in [0.15, 0.2) is 0 Å². The number of rotatable bonds is 11. The smallest absolute Gasteiger partial charge is 0.417 e. The molecular weight excluding hydrogens is 533 g/mol. The maximum absolute atomic E-state index is 14.0. The molecule has 1 heterocycles. The number of urea groups is 1. The number of hydrogen-bond acceptors (Lipinski definition) is 6. The number of ether oxygens (including phenoxy) is 1. The van der Waals surface area contributed by atoms with E-state index in [1.54, 1.807) is 0 Å². The Kier molecular flexibility index (Phi) is 10.1. The van der Waals surface area contributed by atoms with Crippen LogP contribution in [-0.2, 0) is 15.7 Å². The van der Waals surface area contributed by atoms with Gasteiger partial charge in [-0.25, -0.2) is 4.79 Å². The zero-order valence-corrected chi connectivity index (χ0v) is 22.6. The second kappa shape index (κ2) is 13.1. The van der Waals surface area contributed by atoms with E-state index in [2.05, 4.69) is 10.6 Å². The van der Waals surface area contributed by atoms with Gasteiger partial charge < -0.3 is 21.5 Å². The Labute approximate surface area is 229 Å². The highest BCUT2D eigenvalue weighted by atomic mass is 32.1. The summed E-state index contributed by atoms with van der Waals surface area (Å²) >= 11 is 0.886. The van der Waals surface area contributed by atoms with Gasteiger partial charge >= 0.3 is 18.2 Å². The maximum Gasteiger partial charge on any atom is 0.417 e. The molecule has 1 saturated carbocycles. The number of benzene rings is 1. The summed E-state index contributed by atoms with van der Waals surface area (Å²) in [7, 11) is 0. The number of halogens is 3. The highest BCUT2D eigenvalue weighted by Gasteiger charge is 2.33. The molecule has 1 atom stereocenters. The number of thiophene rings is 1. The minimum absolute atomic E-state index is 0.0519. The van der Waals surface area contributed by atoms with Gasteiger partial charge in [0.05, 0.1) is 11.1 Å². The van der Waals surface area contributed by atoms with E-state index in [1.807, 2.05) is 13.8 Å². The third-order valence-electron chi connectivity index (χ3n) is 6.23. The molecule has 0 spiro atoms. The molecule has 39 heavy (non-hydrogen) atoms. The van der Waals surface area contributed by atoms with Crippen molar-refractivity contribution < 1.29 is 32.3 Å². The van der Waals surface area contributed by atoms with Crippen molar-refractivity contribution in [1.82, 2.24) is 5.32 Å². The number of carbonyl (C=O) groups is 3. The number of primary amides is 2. The molecule has 0 radical (unpaired) electrons. The Morgan fingerprint density at radius 3 is 2.44 bits per heavy atom. The van der Waals surface area contributed by atoms with E-state index in [0.717, 1.165) is 43.1 Å². The number of nitrogens with two attached hydrogens (primary N) is 2. The minimum atomic E-state index is -4.66. The predicted molar refractivity (Wildman–Crippen MR) is 145 cm³/mol. The van der Waals surface area contributed by atoms with Crippen LogP contribution in [0.4, 0.5) is 23.0 Å². The molecule has 3 amide bonds. The van der Waals surface area contributed by atoms with E-state index in [4.69, 9.17) is 16.2 Å². The largest absolute Gasteiger partial charge is 0.461 e. The number of amides is 3. The fraction of sp³-hybridized carbons (Fsp3) is 0.444. The van der Waals surface area contributed by atoms with E-state index in [0.29, 0.717) is 11.3 Å². The van der Waals surface area contributed by atoms with Gasteiger partial charge in [0.25, 0.3) is 5.91 Å². The second-order valence-corrected chi connectivity index (χ2v) is 10.9. The van der Waals surface area contributed by atoms with E-state index in [-0.39, 0.29) is 46.2 Å². The van der Waals surface area contributed by atoms with Gasteiger partial charge in [-0.1, -0.05) is 38.1 Å². The van der Waals surface area contributed by atoms with Crippen LogP contribution in [0.5, 0.6) is 0 Å². The van der Waals surface area contributed by atoms with Gasteiger partial charge in [-0.15, -0.1) is 11.3 Å². The number of esters is 1. The lowest BCUT2D eigenvalue weighted by Gasteiger charge is -2.21. The van der Waals surface area contributed by atoms with E-state index >= 15 is 0 Å².